The molecule has 0 atom stereocenters. The summed E-state index contributed by atoms with van der Waals surface area (Å²) in [7, 11) is 1.41. The van der Waals surface area contributed by atoms with Gasteiger partial charge < -0.3 is 4.84 Å². The van der Waals surface area contributed by atoms with Crippen LogP contribution in [-0.4, -0.2) is 12.8 Å². The highest BCUT2D eigenvalue weighted by Crippen LogP contribution is 2.26. The van der Waals surface area contributed by atoms with Gasteiger partial charge in [0.25, 0.3) is 0 Å². The molecule has 0 amide bonds. The zero-order valence-corrected chi connectivity index (χ0v) is 11.6. The lowest BCUT2D eigenvalue weighted by Gasteiger charge is -2.09. The smallest absolute Gasteiger partial charge is 0.132 e. The molecule has 0 aliphatic heterocycles. The van der Waals surface area contributed by atoms with Crippen LogP contribution < -0.4 is 0 Å². The summed E-state index contributed by atoms with van der Waals surface area (Å²) < 4.78 is 27.4. The number of benzene rings is 2. The van der Waals surface area contributed by atoms with Gasteiger partial charge in [-0.05, 0) is 54.8 Å². The summed E-state index contributed by atoms with van der Waals surface area (Å²) in [4.78, 5) is 4.63. The Labute approximate surface area is 116 Å². The summed E-state index contributed by atoms with van der Waals surface area (Å²) in [5.41, 5.74) is 3.02. The lowest BCUT2D eigenvalue weighted by Crippen LogP contribution is -2.00. The van der Waals surface area contributed by atoms with Crippen molar-refractivity contribution in [2.75, 3.05) is 7.11 Å². The van der Waals surface area contributed by atoms with Gasteiger partial charge in [0, 0.05) is 5.56 Å². The number of hydrogen-bond acceptors (Lipinski definition) is 2. The number of nitrogens with zero attached hydrogens (tertiary/aromatic N) is 1. The fourth-order valence-electron chi connectivity index (χ4n) is 2.07. The molecule has 2 aromatic carbocycles. The predicted molar refractivity (Wildman–Crippen MR) is 75.8 cm³/mol. The Morgan fingerprint density at radius 2 is 1.85 bits per heavy atom. The Hall–Kier alpha value is -2.23. The average molecular weight is 275 g/mol. The molecule has 0 aliphatic rings. The predicted octanol–water partition coefficient (Wildman–Crippen LogP) is 4.31. The van der Waals surface area contributed by atoms with Crippen LogP contribution in [0.25, 0.3) is 11.1 Å². The van der Waals surface area contributed by atoms with Gasteiger partial charge in [0.15, 0.2) is 0 Å². The largest absolute Gasteiger partial charge is 0.399 e. The maximum Gasteiger partial charge on any atom is 0.132 e. The van der Waals surface area contributed by atoms with E-state index in [4.69, 9.17) is 0 Å². The average Bonchev–Trinajstić information content (AvgIpc) is 2.41. The molecule has 0 spiro atoms. The van der Waals surface area contributed by atoms with E-state index in [0.717, 1.165) is 5.56 Å². The Kier molecular flexibility index (Phi) is 4.13. The third kappa shape index (κ3) is 2.85. The fraction of sp³-hybridized carbons (Fsp3) is 0.188. The van der Waals surface area contributed by atoms with Crippen molar-refractivity contribution in [2.24, 2.45) is 5.16 Å². The summed E-state index contributed by atoms with van der Waals surface area (Å²) in [6.07, 6.45) is 0. The Morgan fingerprint density at radius 3 is 2.50 bits per heavy atom. The lowest BCUT2D eigenvalue weighted by atomic mass is 9.98. The zero-order chi connectivity index (χ0) is 14.7. The zero-order valence-electron chi connectivity index (χ0n) is 11.6. The van der Waals surface area contributed by atoms with Crippen molar-refractivity contribution in [1.82, 2.24) is 0 Å². The molecule has 4 heteroatoms. The molecule has 2 nitrogen and oxygen atoms in total. The molecule has 0 fully saturated rings. The molecular formula is C16H15F2NO. The first-order valence-corrected chi connectivity index (χ1v) is 6.17. The van der Waals surface area contributed by atoms with Crippen LogP contribution in [0.5, 0.6) is 0 Å². The molecule has 0 aromatic heterocycles. The first-order valence-electron chi connectivity index (χ1n) is 6.17. The van der Waals surface area contributed by atoms with Gasteiger partial charge in [0.05, 0.1) is 5.71 Å². The van der Waals surface area contributed by atoms with Crippen molar-refractivity contribution < 1.29 is 13.6 Å². The van der Waals surface area contributed by atoms with Crippen LogP contribution in [0.3, 0.4) is 0 Å². The second kappa shape index (κ2) is 5.82. The molecule has 0 bridgehead atoms. The van der Waals surface area contributed by atoms with E-state index in [-0.39, 0.29) is 5.82 Å². The maximum atomic E-state index is 14.1. The summed E-state index contributed by atoms with van der Waals surface area (Å²) in [6.45, 7) is 3.52. The molecule has 0 heterocycles. The Bertz CT molecular complexity index is 666. The third-order valence-corrected chi connectivity index (χ3v) is 3.10. The molecule has 0 N–H and O–H groups in total. The highest BCUT2D eigenvalue weighted by molar-refractivity contribution is 5.99. The van der Waals surface area contributed by atoms with Crippen LogP contribution in [-0.2, 0) is 4.84 Å². The van der Waals surface area contributed by atoms with Gasteiger partial charge in [0.2, 0.25) is 0 Å². The van der Waals surface area contributed by atoms with Crippen molar-refractivity contribution in [3.63, 3.8) is 0 Å². The molecule has 0 saturated carbocycles. The number of oxime groups is 1. The van der Waals surface area contributed by atoms with Gasteiger partial charge in [-0.2, -0.15) is 0 Å². The van der Waals surface area contributed by atoms with E-state index in [1.54, 1.807) is 25.1 Å². The topological polar surface area (TPSA) is 21.6 Å². The van der Waals surface area contributed by atoms with E-state index in [9.17, 15) is 8.78 Å². The van der Waals surface area contributed by atoms with E-state index in [1.807, 2.05) is 6.92 Å². The molecule has 0 radical (unpaired) electrons. The van der Waals surface area contributed by atoms with Crippen molar-refractivity contribution in [2.45, 2.75) is 13.8 Å². The normalized spacial score (nSPS) is 11.6. The van der Waals surface area contributed by atoms with Gasteiger partial charge in [-0.3, -0.25) is 0 Å². The standard InChI is InChI=1S/C16H15F2NO/c1-10-4-6-13(17)9-15(10)12-5-7-14(16(18)8-12)11(2)19-20-3/h4-9H,1-3H3. The minimum absolute atomic E-state index is 0.341. The monoisotopic (exact) mass is 275 g/mol. The number of rotatable bonds is 3. The molecule has 2 aromatic rings. The maximum absolute atomic E-state index is 14.1. The van der Waals surface area contributed by atoms with E-state index >= 15 is 0 Å². The number of aryl methyl sites for hydroxylation is 1. The van der Waals surface area contributed by atoms with E-state index in [2.05, 4.69) is 9.99 Å². The molecule has 2 rings (SSSR count). The van der Waals surface area contributed by atoms with Gasteiger partial charge in [0.1, 0.15) is 18.7 Å². The second-order valence-corrected chi connectivity index (χ2v) is 4.51. The minimum Gasteiger partial charge on any atom is -0.399 e. The van der Waals surface area contributed by atoms with Crippen LogP contribution >= 0.6 is 0 Å². The van der Waals surface area contributed by atoms with Crippen molar-refractivity contribution in [3.8, 4) is 11.1 Å². The molecule has 0 saturated heterocycles. The van der Waals surface area contributed by atoms with Crippen molar-refractivity contribution in [3.05, 3.63) is 59.2 Å². The van der Waals surface area contributed by atoms with Crippen LogP contribution in [0.1, 0.15) is 18.1 Å². The lowest BCUT2D eigenvalue weighted by molar-refractivity contribution is 0.213. The van der Waals surface area contributed by atoms with Crippen LogP contribution in [0.2, 0.25) is 0 Å². The highest BCUT2D eigenvalue weighted by atomic mass is 19.1. The minimum atomic E-state index is -0.413. The van der Waals surface area contributed by atoms with Crippen LogP contribution in [0.15, 0.2) is 41.6 Å². The summed E-state index contributed by atoms with van der Waals surface area (Å²) >= 11 is 0. The fourth-order valence-corrected chi connectivity index (χ4v) is 2.07. The van der Waals surface area contributed by atoms with Gasteiger partial charge in [-0.1, -0.05) is 17.3 Å². The SMILES string of the molecule is CON=C(C)c1ccc(-c2cc(F)ccc2C)cc1F. The van der Waals surface area contributed by atoms with Gasteiger partial charge in [-0.25, -0.2) is 8.78 Å². The Morgan fingerprint density at radius 1 is 1.10 bits per heavy atom. The highest BCUT2D eigenvalue weighted by Gasteiger charge is 2.10. The molecular weight excluding hydrogens is 260 g/mol. The van der Waals surface area contributed by atoms with Gasteiger partial charge in [-0.15, -0.1) is 0 Å². The summed E-state index contributed by atoms with van der Waals surface area (Å²) in [6, 6.07) is 9.21. The molecule has 0 aliphatic carbocycles. The second-order valence-electron chi connectivity index (χ2n) is 4.51. The first-order chi connectivity index (χ1) is 9.52. The summed E-state index contributed by atoms with van der Waals surface area (Å²) in [5.74, 6) is -0.753. The molecule has 0 unspecified atom stereocenters. The van der Waals surface area contributed by atoms with E-state index in [0.29, 0.717) is 22.4 Å². The van der Waals surface area contributed by atoms with Crippen molar-refractivity contribution in [1.29, 1.82) is 0 Å². The number of hydrogen-bond donors (Lipinski definition) is 0. The third-order valence-electron chi connectivity index (χ3n) is 3.10. The number of halogens is 2. The quantitative estimate of drug-likeness (QED) is 0.604. The van der Waals surface area contributed by atoms with E-state index in [1.165, 1.54) is 25.3 Å². The Balaban J connectivity index is 2.48. The van der Waals surface area contributed by atoms with Crippen LogP contribution in [0, 0.1) is 18.6 Å². The van der Waals surface area contributed by atoms with Gasteiger partial charge >= 0.3 is 0 Å². The summed E-state index contributed by atoms with van der Waals surface area (Å²) in [5, 5.41) is 3.71. The first kappa shape index (κ1) is 14.2. The van der Waals surface area contributed by atoms with Crippen molar-refractivity contribution >= 4 is 5.71 Å². The van der Waals surface area contributed by atoms with E-state index < -0.39 is 5.82 Å². The molecule has 20 heavy (non-hydrogen) atoms. The molecule has 104 valence electrons. The van der Waals surface area contributed by atoms with Crippen LogP contribution in [0.4, 0.5) is 8.78 Å².